The number of hydrogen-bond acceptors (Lipinski definition) is 16. The number of amides is 5. The van der Waals surface area contributed by atoms with Crippen LogP contribution in [0, 0.1) is 5.92 Å². The van der Waals surface area contributed by atoms with E-state index >= 15 is 0 Å². The number of piperidine rings is 1. The lowest BCUT2D eigenvalue weighted by atomic mass is 9.87. The van der Waals surface area contributed by atoms with E-state index in [4.69, 9.17) is 37.9 Å². The highest BCUT2D eigenvalue weighted by atomic mass is 16.6. The van der Waals surface area contributed by atoms with Gasteiger partial charge in [-0.1, -0.05) is 19.9 Å². The number of anilines is 1. The smallest absolute Gasteiger partial charge is 0.341 e. The Morgan fingerprint density at radius 2 is 1.41 bits per heavy atom. The number of fused-ring (bicyclic) bond motifs is 4. The molecule has 2 atom stereocenters. The van der Waals surface area contributed by atoms with E-state index in [9.17, 15) is 38.7 Å². The SMILES string of the molecule is COc1cc2c(cc1OCCCNC(=O)CCOCCOCCOCCOCCOCCOCCNc1cccc3c1C(=O)N(C1CCC(=O)NC1=O)C3=O)C[C@@H](C(C)C)n1cc(C(=O)O)c(=O)cc1-2. The van der Waals surface area contributed by atoms with E-state index < -0.39 is 41.1 Å². The molecule has 380 valence electrons. The van der Waals surface area contributed by atoms with Crippen LogP contribution in [0.5, 0.6) is 11.5 Å². The molecule has 1 saturated heterocycles. The van der Waals surface area contributed by atoms with Crippen LogP contribution in [0.25, 0.3) is 11.3 Å². The van der Waals surface area contributed by atoms with Crippen molar-refractivity contribution < 1.29 is 71.8 Å². The molecule has 5 amide bonds. The number of pyridine rings is 1. The van der Waals surface area contributed by atoms with Gasteiger partial charge in [0.1, 0.15) is 11.6 Å². The summed E-state index contributed by atoms with van der Waals surface area (Å²) in [6.07, 6.45) is 2.97. The second-order valence-electron chi connectivity index (χ2n) is 16.9. The van der Waals surface area contributed by atoms with Crippen LogP contribution in [-0.2, 0) is 49.2 Å². The Hall–Kier alpha value is -6.23. The average molecular weight is 978 g/mol. The molecular formula is C49H63N5O16. The molecule has 4 heterocycles. The Morgan fingerprint density at radius 3 is 2.03 bits per heavy atom. The number of hydrogen-bond donors (Lipinski definition) is 4. The molecular weight excluding hydrogens is 915 g/mol. The lowest BCUT2D eigenvalue weighted by Crippen LogP contribution is -2.54. The molecule has 70 heavy (non-hydrogen) atoms. The zero-order valence-electron chi connectivity index (χ0n) is 39.9. The van der Waals surface area contributed by atoms with Gasteiger partial charge in [-0.2, -0.15) is 0 Å². The normalized spacial score (nSPS) is 16.2. The monoisotopic (exact) mass is 977 g/mol. The maximum absolute atomic E-state index is 13.2. The van der Waals surface area contributed by atoms with E-state index in [1.807, 2.05) is 16.7 Å². The zero-order valence-corrected chi connectivity index (χ0v) is 39.9. The summed E-state index contributed by atoms with van der Waals surface area (Å²) < 4.78 is 46.8. The van der Waals surface area contributed by atoms with Crippen molar-refractivity contribution in [2.24, 2.45) is 5.92 Å². The summed E-state index contributed by atoms with van der Waals surface area (Å²) in [5.74, 6) is -2.41. The third-order valence-corrected chi connectivity index (χ3v) is 11.8. The van der Waals surface area contributed by atoms with E-state index in [1.165, 1.54) is 19.4 Å². The molecule has 2 aromatic carbocycles. The molecule has 21 nitrogen and oxygen atoms in total. The highest BCUT2D eigenvalue weighted by Gasteiger charge is 2.45. The molecule has 21 heteroatoms. The third-order valence-electron chi connectivity index (χ3n) is 11.8. The number of methoxy groups -OCH3 is 1. The van der Waals surface area contributed by atoms with Crippen LogP contribution in [0.15, 0.2) is 47.4 Å². The molecule has 1 aromatic heterocycles. The molecule has 1 fully saturated rings. The fraction of sp³-hybridized carbons (Fsp3) is 0.531. The van der Waals surface area contributed by atoms with Gasteiger partial charge in [-0.15, -0.1) is 0 Å². The lowest BCUT2D eigenvalue weighted by Gasteiger charge is -2.33. The van der Waals surface area contributed by atoms with Gasteiger partial charge >= 0.3 is 5.97 Å². The highest BCUT2D eigenvalue weighted by molar-refractivity contribution is 6.25. The average Bonchev–Trinajstić information content (AvgIpc) is 3.59. The Morgan fingerprint density at radius 1 is 0.771 bits per heavy atom. The standard InChI is InChI=1S/C49H63N5O16/c1-31(2)38-26-32-27-42(41(63-3)28-34(32)39-29-40(55)35(49(61)62)30-53(38)39)70-13-5-11-51-43(56)10-14-64-16-18-66-20-22-68-24-25-69-23-21-67-19-17-65-15-12-50-36-7-4-6-33-45(36)48(60)54(47(33)59)37-8-9-44(57)52-46(37)58/h4,6-7,27-31,37-38,50H,5,8-26H2,1-3H3,(H,51,56)(H,61,62)(H,52,57,58)/t37?,38-/m0/s1. The van der Waals surface area contributed by atoms with Gasteiger partial charge in [0, 0.05) is 55.5 Å². The van der Waals surface area contributed by atoms with Crippen LogP contribution >= 0.6 is 0 Å². The Balaban J connectivity index is 0.711. The van der Waals surface area contributed by atoms with Crippen molar-refractivity contribution in [2.75, 3.05) is 111 Å². The summed E-state index contributed by atoms with van der Waals surface area (Å²) in [6, 6.07) is 8.91. The summed E-state index contributed by atoms with van der Waals surface area (Å²) in [5.41, 5.74) is 2.44. The molecule has 4 N–H and O–H groups in total. The van der Waals surface area contributed by atoms with Gasteiger partial charge in [0.15, 0.2) is 16.9 Å². The van der Waals surface area contributed by atoms with E-state index in [2.05, 4.69) is 29.8 Å². The number of carboxylic acids is 1. The maximum atomic E-state index is 13.2. The zero-order chi connectivity index (χ0) is 50.0. The number of nitrogens with one attached hydrogen (secondary N) is 3. The van der Waals surface area contributed by atoms with Crippen molar-refractivity contribution in [1.29, 1.82) is 0 Å². The lowest BCUT2D eigenvalue weighted by molar-refractivity contribution is -0.136. The van der Waals surface area contributed by atoms with E-state index in [0.29, 0.717) is 128 Å². The quantitative estimate of drug-likeness (QED) is 0.0534. The molecule has 3 aliphatic rings. The number of imide groups is 2. The first-order chi connectivity index (χ1) is 33.9. The minimum atomic E-state index is -1.25. The number of carboxylic acid groups (broad SMARTS) is 1. The largest absolute Gasteiger partial charge is 0.493 e. The second kappa shape index (κ2) is 26.7. The summed E-state index contributed by atoms with van der Waals surface area (Å²) >= 11 is 0. The van der Waals surface area contributed by atoms with Crippen LogP contribution in [-0.4, -0.2) is 162 Å². The summed E-state index contributed by atoms with van der Waals surface area (Å²) in [4.78, 5) is 87.7. The van der Waals surface area contributed by atoms with Crippen LogP contribution in [0.4, 0.5) is 5.69 Å². The first-order valence-corrected chi connectivity index (χ1v) is 23.5. The minimum absolute atomic E-state index is 0.0524. The number of benzene rings is 2. The van der Waals surface area contributed by atoms with Crippen LogP contribution in [0.3, 0.4) is 0 Å². The van der Waals surface area contributed by atoms with E-state index in [1.54, 1.807) is 18.2 Å². The number of nitrogens with zero attached hydrogens (tertiary/aromatic N) is 2. The molecule has 1 unspecified atom stereocenters. The maximum Gasteiger partial charge on any atom is 0.341 e. The summed E-state index contributed by atoms with van der Waals surface area (Å²) in [5, 5.41) is 17.7. The van der Waals surface area contributed by atoms with Crippen LogP contribution < -0.4 is 30.9 Å². The first kappa shape index (κ1) is 53.1. The molecule has 3 aromatic rings. The first-order valence-electron chi connectivity index (χ1n) is 23.5. The number of rotatable bonds is 31. The Bertz CT molecular complexity index is 2390. The van der Waals surface area contributed by atoms with Crippen molar-refractivity contribution in [3.05, 3.63) is 75.1 Å². The number of ether oxygens (including phenoxy) is 8. The van der Waals surface area contributed by atoms with Crippen LogP contribution in [0.1, 0.15) is 82.2 Å². The predicted octanol–water partition coefficient (Wildman–Crippen LogP) is 2.86. The summed E-state index contributed by atoms with van der Waals surface area (Å²) in [6.45, 7) is 9.57. The van der Waals surface area contributed by atoms with Gasteiger partial charge in [0.05, 0.1) is 110 Å². The van der Waals surface area contributed by atoms with E-state index in [-0.39, 0.29) is 60.4 Å². The fourth-order valence-electron chi connectivity index (χ4n) is 8.22. The van der Waals surface area contributed by atoms with Crippen molar-refractivity contribution >= 4 is 41.2 Å². The predicted molar refractivity (Wildman–Crippen MR) is 251 cm³/mol. The van der Waals surface area contributed by atoms with E-state index in [0.717, 1.165) is 16.0 Å². The number of carbonyl (C=O) groups excluding carboxylic acids is 5. The third kappa shape index (κ3) is 14.2. The molecule has 0 aliphatic carbocycles. The Labute approximate surface area is 405 Å². The minimum Gasteiger partial charge on any atom is -0.493 e. The van der Waals surface area contributed by atoms with Gasteiger partial charge in [0.2, 0.25) is 17.7 Å². The molecule has 6 rings (SSSR count). The molecule has 3 aliphatic heterocycles. The Kier molecular flexibility index (Phi) is 20.2. The van der Waals surface area contributed by atoms with Crippen molar-refractivity contribution in [2.45, 2.75) is 58.0 Å². The topological polar surface area (TPSA) is 258 Å². The molecule has 0 saturated carbocycles. The van der Waals surface area contributed by atoms with Crippen molar-refractivity contribution in [1.82, 2.24) is 20.1 Å². The molecule has 0 radical (unpaired) electrons. The molecule has 0 bridgehead atoms. The summed E-state index contributed by atoms with van der Waals surface area (Å²) in [7, 11) is 1.53. The highest BCUT2D eigenvalue weighted by Crippen LogP contribution is 2.43. The molecule has 0 spiro atoms. The number of aromatic nitrogens is 1. The van der Waals surface area contributed by atoms with Crippen LogP contribution in [0.2, 0.25) is 0 Å². The number of carbonyl (C=O) groups is 6. The van der Waals surface area contributed by atoms with Gasteiger partial charge in [-0.25, -0.2) is 4.79 Å². The second-order valence-corrected chi connectivity index (χ2v) is 16.9. The van der Waals surface area contributed by atoms with Gasteiger partial charge in [0.25, 0.3) is 11.8 Å². The van der Waals surface area contributed by atoms with Gasteiger partial charge in [-0.05, 0) is 55.0 Å². The van der Waals surface area contributed by atoms with Gasteiger partial charge in [-0.3, -0.25) is 39.0 Å². The number of aromatic carboxylic acids is 1. The fourth-order valence-corrected chi connectivity index (χ4v) is 8.22. The van der Waals surface area contributed by atoms with Crippen molar-refractivity contribution in [3.8, 4) is 22.8 Å². The van der Waals surface area contributed by atoms with Gasteiger partial charge < -0.3 is 58.2 Å². The van der Waals surface area contributed by atoms with Crippen molar-refractivity contribution in [3.63, 3.8) is 0 Å².